The Balaban J connectivity index is 2.09. The van der Waals surface area contributed by atoms with Gasteiger partial charge in [0.05, 0.1) is 12.0 Å². The standard InChI is InChI=1S/C10H9ClN6S/c1-5-3-6(17(2)16-5)18-9-7-8(13-4-12-7)14-10(11)15-9/h3-4H,1-2H3,(H,12,13,14,15). The molecule has 0 atom stereocenters. The van der Waals surface area contributed by atoms with E-state index in [1.165, 1.54) is 11.8 Å². The summed E-state index contributed by atoms with van der Waals surface area (Å²) in [6.07, 6.45) is 1.58. The van der Waals surface area contributed by atoms with Crippen LogP contribution in [0.1, 0.15) is 5.69 Å². The summed E-state index contributed by atoms with van der Waals surface area (Å²) in [5, 5.41) is 6.21. The van der Waals surface area contributed by atoms with Crippen molar-refractivity contribution >= 4 is 34.5 Å². The summed E-state index contributed by atoms with van der Waals surface area (Å²) >= 11 is 7.36. The summed E-state index contributed by atoms with van der Waals surface area (Å²) in [6.45, 7) is 1.95. The molecule has 0 aliphatic heterocycles. The molecule has 3 heterocycles. The van der Waals surface area contributed by atoms with Crippen molar-refractivity contribution in [3.63, 3.8) is 0 Å². The van der Waals surface area contributed by atoms with Crippen LogP contribution in [-0.2, 0) is 7.05 Å². The average molecular weight is 281 g/mol. The first-order valence-electron chi connectivity index (χ1n) is 5.18. The molecule has 3 aromatic heterocycles. The Hall–Kier alpha value is -1.60. The van der Waals surface area contributed by atoms with Gasteiger partial charge in [-0.1, -0.05) is 0 Å². The third kappa shape index (κ3) is 1.95. The fourth-order valence-electron chi connectivity index (χ4n) is 1.64. The number of H-pyrrole nitrogens is 1. The van der Waals surface area contributed by atoms with Crippen LogP contribution in [0.15, 0.2) is 22.4 Å². The number of aromatic nitrogens is 6. The van der Waals surface area contributed by atoms with E-state index in [2.05, 4.69) is 25.0 Å². The predicted molar refractivity (Wildman–Crippen MR) is 68.8 cm³/mol. The van der Waals surface area contributed by atoms with Crippen molar-refractivity contribution in [2.45, 2.75) is 17.0 Å². The predicted octanol–water partition coefficient (Wildman–Crippen LogP) is 2.20. The van der Waals surface area contributed by atoms with Gasteiger partial charge in [-0.3, -0.25) is 4.68 Å². The van der Waals surface area contributed by atoms with E-state index in [1.54, 1.807) is 11.0 Å². The lowest BCUT2D eigenvalue weighted by molar-refractivity contribution is 0.692. The van der Waals surface area contributed by atoms with E-state index in [4.69, 9.17) is 11.6 Å². The van der Waals surface area contributed by atoms with E-state index in [0.29, 0.717) is 5.65 Å². The maximum absolute atomic E-state index is 5.88. The highest BCUT2D eigenvalue weighted by Crippen LogP contribution is 2.30. The highest BCUT2D eigenvalue weighted by Gasteiger charge is 2.12. The van der Waals surface area contributed by atoms with Gasteiger partial charge in [-0.15, -0.1) is 0 Å². The van der Waals surface area contributed by atoms with Crippen LogP contribution in [0.4, 0.5) is 0 Å². The smallest absolute Gasteiger partial charge is 0.225 e. The van der Waals surface area contributed by atoms with Crippen LogP contribution in [0.25, 0.3) is 11.2 Å². The lowest BCUT2D eigenvalue weighted by Gasteiger charge is -2.02. The minimum absolute atomic E-state index is 0.191. The molecule has 0 aliphatic carbocycles. The molecule has 0 fully saturated rings. The Kier molecular flexibility index (Phi) is 2.71. The second-order valence-electron chi connectivity index (χ2n) is 3.75. The highest BCUT2D eigenvalue weighted by molar-refractivity contribution is 7.99. The second kappa shape index (κ2) is 4.25. The molecule has 92 valence electrons. The molecular formula is C10H9ClN6S. The number of aromatic amines is 1. The van der Waals surface area contributed by atoms with Crippen molar-refractivity contribution in [3.8, 4) is 0 Å². The van der Waals surface area contributed by atoms with E-state index < -0.39 is 0 Å². The molecule has 0 radical (unpaired) electrons. The number of hydrogen-bond acceptors (Lipinski definition) is 5. The van der Waals surface area contributed by atoms with Gasteiger partial charge in [0.25, 0.3) is 0 Å². The molecule has 0 spiro atoms. The summed E-state index contributed by atoms with van der Waals surface area (Å²) in [5.74, 6) is 0. The maximum Gasteiger partial charge on any atom is 0.225 e. The molecule has 0 saturated heterocycles. The zero-order valence-corrected chi connectivity index (χ0v) is 11.2. The topological polar surface area (TPSA) is 72.3 Å². The average Bonchev–Trinajstić information content (AvgIpc) is 2.86. The summed E-state index contributed by atoms with van der Waals surface area (Å²) in [6, 6.07) is 1.99. The Morgan fingerprint density at radius 2 is 2.22 bits per heavy atom. The van der Waals surface area contributed by atoms with Gasteiger partial charge in [-0.05, 0) is 36.4 Å². The first-order chi connectivity index (χ1) is 8.63. The Bertz CT molecular complexity index is 718. The molecule has 3 rings (SSSR count). The van der Waals surface area contributed by atoms with E-state index in [0.717, 1.165) is 21.3 Å². The first-order valence-corrected chi connectivity index (χ1v) is 6.38. The Morgan fingerprint density at radius 1 is 1.39 bits per heavy atom. The summed E-state index contributed by atoms with van der Waals surface area (Å²) < 4.78 is 1.80. The SMILES string of the molecule is Cc1cc(Sc2nc(Cl)nc3nc[nH]c23)n(C)n1. The van der Waals surface area contributed by atoms with Crippen LogP contribution in [-0.4, -0.2) is 29.7 Å². The van der Waals surface area contributed by atoms with Gasteiger partial charge >= 0.3 is 0 Å². The number of halogens is 1. The van der Waals surface area contributed by atoms with E-state index >= 15 is 0 Å². The molecule has 0 bridgehead atoms. The lowest BCUT2D eigenvalue weighted by atomic mass is 10.5. The molecule has 0 unspecified atom stereocenters. The van der Waals surface area contributed by atoms with Crippen molar-refractivity contribution in [1.82, 2.24) is 29.7 Å². The molecular weight excluding hydrogens is 272 g/mol. The molecule has 3 aromatic rings. The van der Waals surface area contributed by atoms with Crippen molar-refractivity contribution < 1.29 is 0 Å². The van der Waals surface area contributed by atoms with Crippen molar-refractivity contribution in [3.05, 3.63) is 23.4 Å². The van der Waals surface area contributed by atoms with Gasteiger partial charge in [0, 0.05) is 7.05 Å². The third-order valence-corrected chi connectivity index (χ3v) is 3.63. The number of nitrogens with zero attached hydrogens (tertiary/aromatic N) is 5. The van der Waals surface area contributed by atoms with Crippen molar-refractivity contribution in [2.75, 3.05) is 0 Å². The van der Waals surface area contributed by atoms with Crippen LogP contribution in [0, 0.1) is 6.92 Å². The maximum atomic E-state index is 5.88. The lowest BCUT2D eigenvalue weighted by Crippen LogP contribution is -1.94. The summed E-state index contributed by atoms with van der Waals surface area (Å²) in [5.41, 5.74) is 2.31. The summed E-state index contributed by atoms with van der Waals surface area (Å²) in [7, 11) is 1.89. The van der Waals surface area contributed by atoms with E-state index in [-0.39, 0.29) is 5.28 Å². The molecule has 0 aromatic carbocycles. The fraction of sp³-hybridized carbons (Fsp3) is 0.200. The van der Waals surface area contributed by atoms with Crippen LogP contribution < -0.4 is 0 Å². The number of rotatable bonds is 2. The minimum Gasteiger partial charge on any atom is -0.341 e. The van der Waals surface area contributed by atoms with Gasteiger partial charge in [-0.25, -0.2) is 9.97 Å². The van der Waals surface area contributed by atoms with Gasteiger partial charge in [0.1, 0.15) is 15.6 Å². The third-order valence-electron chi connectivity index (χ3n) is 2.39. The van der Waals surface area contributed by atoms with Crippen LogP contribution in [0.2, 0.25) is 5.28 Å². The monoisotopic (exact) mass is 280 g/mol. The Morgan fingerprint density at radius 3 is 2.94 bits per heavy atom. The Labute approximate surface area is 112 Å². The molecule has 0 saturated carbocycles. The molecule has 1 N–H and O–H groups in total. The molecule has 18 heavy (non-hydrogen) atoms. The van der Waals surface area contributed by atoms with Crippen LogP contribution in [0.5, 0.6) is 0 Å². The molecule has 0 amide bonds. The quantitative estimate of drug-likeness (QED) is 0.575. The number of imidazole rings is 1. The normalized spacial score (nSPS) is 11.3. The van der Waals surface area contributed by atoms with E-state index in [9.17, 15) is 0 Å². The van der Waals surface area contributed by atoms with Gasteiger partial charge < -0.3 is 4.98 Å². The minimum atomic E-state index is 0.191. The largest absolute Gasteiger partial charge is 0.341 e. The zero-order valence-electron chi connectivity index (χ0n) is 9.68. The number of fused-ring (bicyclic) bond motifs is 1. The molecule has 6 nitrogen and oxygen atoms in total. The fourth-order valence-corrected chi connectivity index (χ4v) is 2.84. The van der Waals surface area contributed by atoms with Crippen LogP contribution in [0.3, 0.4) is 0 Å². The van der Waals surface area contributed by atoms with Crippen LogP contribution >= 0.6 is 23.4 Å². The highest BCUT2D eigenvalue weighted by atomic mass is 35.5. The van der Waals surface area contributed by atoms with Crippen molar-refractivity contribution in [1.29, 1.82) is 0 Å². The first kappa shape index (κ1) is 11.5. The van der Waals surface area contributed by atoms with Gasteiger partial charge in [0.2, 0.25) is 5.28 Å². The number of hydrogen-bond donors (Lipinski definition) is 1. The van der Waals surface area contributed by atoms with E-state index in [1.807, 2.05) is 20.0 Å². The van der Waals surface area contributed by atoms with Gasteiger partial charge in [0.15, 0.2) is 5.65 Å². The second-order valence-corrected chi connectivity index (χ2v) is 5.10. The number of nitrogens with one attached hydrogen (secondary N) is 1. The van der Waals surface area contributed by atoms with Gasteiger partial charge in [-0.2, -0.15) is 10.1 Å². The number of aryl methyl sites for hydroxylation is 2. The summed E-state index contributed by atoms with van der Waals surface area (Å²) in [4.78, 5) is 15.4. The molecule has 8 heteroatoms. The molecule has 0 aliphatic rings. The van der Waals surface area contributed by atoms with Crippen molar-refractivity contribution in [2.24, 2.45) is 7.05 Å². The zero-order chi connectivity index (χ0) is 12.7.